The number of halogens is 2. The van der Waals surface area contributed by atoms with E-state index in [0.29, 0.717) is 0 Å². The summed E-state index contributed by atoms with van der Waals surface area (Å²) in [5, 5.41) is 20.4. The lowest BCUT2D eigenvalue weighted by atomic mass is 10.3. The molecule has 0 radical (unpaired) electrons. The molecule has 0 saturated heterocycles. The zero-order valence-electron chi connectivity index (χ0n) is 9.34. The van der Waals surface area contributed by atoms with Gasteiger partial charge < -0.3 is 9.84 Å². The lowest BCUT2D eigenvalue weighted by molar-refractivity contribution is -0.385. The van der Waals surface area contributed by atoms with Crippen LogP contribution in [-0.4, -0.2) is 10.0 Å². The summed E-state index contributed by atoms with van der Waals surface area (Å²) >= 11 is 11.5. The fourth-order valence-electron chi connectivity index (χ4n) is 1.42. The van der Waals surface area contributed by atoms with E-state index >= 15 is 0 Å². The van der Waals surface area contributed by atoms with Crippen LogP contribution in [0.5, 0.6) is 17.2 Å². The fourth-order valence-corrected chi connectivity index (χ4v) is 1.73. The van der Waals surface area contributed by atoms with Crippen molar-refractivity contribution in [2.75, 3.05) is 0 Å². The monoisotopic (exact) mass is 299 g/mol. The molecule has 2 aromatic carbocycles. The van der Waals surface area contributed by atoms with Crippen molar-refractivity contribution in [3.8, 4) is 17.2 Å². The van der Waals surface area contributed by atoms with Crippen molar-refractivity contribution in [1.82, 2.24) is 0 Å². The highest BCUT2D eigenvalue weighted by Gasteiger charge is 2.19. The third-order valence-corrected chi connectivity index (χ3v) is 2.97. The second-order valence-corrected chi connectivity index (χ2v) is 4.40. The molecule has 0 amide bonds. The molecule has 1 N–H and O–H groups in total. The summed E-state index contributed by atoms with van der Waals surface area (Å²) in [4.78, 5) is 10.3. The van der Waals surface area contributed by atoms with Gasteiger partial charge in [-0.15, -0.1) is 0 Å². The minimum Gasteiger partial charge on any atom is -0.508 e. The van der Waals surface area contributed by atoms with E-state index < -0.39 is 4.92 Å². The molecule has 0 saturated carbocycles. The fraction of sp³-hybridized carbons (Fsp3) is 0. The van der Waals surface area contributed by atoms with Gasteiger partial charge in [0.15, 0.2) is 0 Å². The second-order valence-electron chi connectivity index (χ2n) is 3.59. The summed E-state index contributed by atoms with van der Waals surface area (Å²) in [5.74, 6) is 0.187. The SMILES string of the molecule is O=[N+]([O-])c1cc(Cl)c(Cl)cc1Oc1cccc(O)c1. The van der Waals surface area contributed by atoms with Crippen LogP contribution < -0.4 is 4.74 Å². The quantitative estimate of drug-likeness (QED) is 0.673. The van der Waals surface area contributed by atoms with Crippen molar-refractivity contribution < 1.29 is 14.8 Å². The van der Waals surface area contributed by atoms with Gasteiger partial charge >= 0.3 is 5.69 Å². The van der Waals surface area contributed by atoms with Gasteiger partial charge in [0.05, 0.1) is 15.0 Å². The van der Waals surface area contributed by atoms with Gasteiger partial charge in [-0.25, -0.2) is 0 Å². The minimum atomic E-state index is -0.625. The Morgan fingerprint density at radius 1 is 1.16 bits per heavy atom. The van der Waals surface area contributed by atoms with Gasteiger partial charge in [0.25, 0.3) is 0 Å². The standard InChI is InChI=1S/C12H7Cl2NO4/c13-9-5-11(15(17)18)12(6-10(9)14)19-8-3-1-2-7(16)4-8/h1-6,16H. The molecule has 0 bridgehead atoms. The molecule has 0 fully saturated rings. The summed E-state index contributed by atoms with van der Waals surface area (Å²) < 4.78 is 5.34. The Morgan fingerprint density at radius 3 is 2.47 bits per heavy atom. The maximum Gasteiger partial charge on any atom is 0.313 e. The van der Waals surface area contributed by atoms with Crippen LogP contribution in [0.1, 0.15) is 0 Å². The van der Waals surface area contributed by atoms with E-state index in [0.717, 1.165) is 6.07 Å². The van der Waals surface area contributed by atoms with E-state index in [9.17, 15) is 15.2 Å². The third kappa shape index (κ3) is 3.07. The molecule has 0 aromatic heterocycles. The number of ether oxygens (including phenoxy) is 1. The summed E-state index contributed by atoms with van der Waals surface area (Å²) in [7, 11) is 0. The van der Waals surface area contributed by atoms with Gasteiger partial charge in [-0.1, -0.05) is 29.3 Å². The molecule has 0 aliphatic carbocycles. The summed E-state index contributed by atoms with van der Waals surface area (Å²) in [6.45, 7) is 0. The Balaban J connectivity index is 2.44. The Labute approximate surface area is 118 Å². The van der Waals surface area contributed by atoms with Gasteiger partial charge in [0.2, 0.25) is 5.75 Å². The topological polar surface area (TPSA) is 72.6 Å². The van der Waals surface area contributed by atoms with E-state index in [1.54, 1.807) is 12.1 Å². The largest absolute Gasteiger partial charge is 0.508 e. The number of hydrogen-bond donors (Lipinski definition) is 1. The molecule has 0 heterocycles. The van der Waals surface area contributed by atoms with Crippen LogP contribution in [0, 0.1) is 10.1 Å². The van der Waals surface area contributed by atoms with Crippen LogP contribution in [0.3, 0.4) is 0 Å². The number of rotatable bonds is 3. The number of benzene rings is 2. The highest BCUT2D eigenvalue weighted by molar-refractivity contribution is 6.42. The Kier molecular flexibility index (Phi) is 3.78. The zero-order chi connectivity index (χ0) is 14.0. The van der Waals surface area contributed by atoms with E-state index in [-0.39, 0.29) is 33.0 Å². The highest BCUT2D eigenvalue weighted by Crippen LogP contribution is 2.38. The van der Waals surface area contributed by atoms with Gasteiger partial charge in [0, 0.05) is 18.2 Å². The number of nitro benzene ring substituents is 1. The van der Waals surface area contributed by atoms with Crippen LogP contribution >= 0.6 is 23.2 Å². The molecule has 2 aromatic rings. The third-order valence-electron chi connectivity index (χ3n) is 2.24. The first-order chi connectivity index (χ1) is 8.97. The number of phenols is 1. The van der Waals surface area contributed by atoms with E-state index in [1.165, 1.54) is 18.2 Å². The van der Waals surface area contributed by atoms with Crippen molar-refractivity contribution in [2.24, 2.45) is 0 Å². The highest BCUT2D eigenvalue weighted by atomic mass is 35.5. The van der Waals surface area contributed by atoms with Gasteiger partial charge in [-0.2, -0.15) is 0 Å². The number of nitrogens with zero attached hydrogens (tertiary/aromatic N) is 1. The average molecular weight is 300 g/mol. The molecule has 0 aliphatic heterocycles. The second kappa shape index (κ2) is 5.34. The first kappa shape index (κ1) is 13.5. The predicted molar refractivity (Wildman–Crippen MR) is 71.3 cm³/mol. The van der Waals surface area contributed by atoms with E-state index in [1.807, 2.05) is 0 Å². The lowest BCUT2D eigenvalue weighted by Crippen LogP contribution is -1.94. The van der Waals surface area contributed by atoms with Gasteiger partial charge in [0.1, 0.15) is 11.5 Å². The van der Waals surface area contributed by atoms with Crippen molar-refractivity contribution >= 4 is 28.9 Å². The van der Waals surface area contributed by atoms with Gasteiger partial charge in [-0.3, -0.25) is 10.1 Å². The Bertz CT molecular complexity index is 646. The van der Waals surface area contributed by atoms with Crippen molar-refractivity contribution in [2.45, 2.75) is 0 Å². The van der Waals surface area contributed by atoms with Crippen molar-refractivity contribution in [3.63, 3.8) is 0 Å². The Hall–Kier alpha value is -1.98. The predicted octanol–water partition coefficient (Wildman–Crippen LogP) is 4.40. The molecule has 0 unspecified atom stereocenters. The number of nitro groups is 1. The van der Waals surface area contributed by atoms with E-state index in [4.69, 9.17) is 27.9 Å². The Morgan fingerprint density at radius 2 is 1.84 bits per heavy atom. The van der Waals surface area contributed by atoms with Gasteiger partial charge in [-0.05, 0) is 12.1 Å². The molecular weight excluding hydrogens is 293 g/mol. The number of aromatic hydroxyl groups is 1. The maximum atomic E-state index is 10.9. The molecule has 19 heavy (non-hydrogen) atoms. The molecule has 2 rings (SSSR count). The smallest absolute Gasteiger partial charge is 0.313 e. The molecule has 98 valence electrons. The van der Waals surface area contributed by atoms with Crippen molar-refractivity contribution in [1.29, 1.82) is 0 Å². The van der Waals surface area contributed by atoms with Crippen molar-refractivity contribution in [3.05, 3.63) is 56.6 Å². The van der Waals surface area contributed by atoms with Crippen LogP contribution in [0.2, 0.25) is 10.0 Å². The molecular formula is C12H7Cl2NO4. The average Bonchev–Trinajstić information content (AvgIpc) is 2.33. The van der Waals surface area contributed by atoms with E-state index in [2.05, 4.69) is 0 Å². The number of hydrogen-bond acceptors (Lipinski definition) is 4. The first-order valence-electron chi connectivity index (χ1n) is 5.07. The molecule has 0 spiro atoms. The number of phenolic OH excluding ortho intramolecular Hbond substituents is 1. The summed E-state index contributed by atoms with van der Waals surface area (Å²) in [6.07, 6.45) is 0. The van der Waals surface area contributed by atoms with Crippen LogP contribution in [0.15, 0.2) is 36.4 Å². The summed E-state index contributed by atoms with van der Waals surface area (Å²) in [6, 6.07) is 8.25. The lowest BCUT2D eigenvalue weighted by Gasteiger charge is -2.07. The molecule has 7 heteroatoms. The molecule has 0 aliphatic rings. The maximum absolute atomic E-state index is 10.9. The van der Waals surface area contributed by atoms with Crippen LogP contribution in [0.4, 0.5) is 5.69 Å². The zero-order valence-corrected chi connectivity index (χ0v) is 10.9. The summed E-state index contributed by atoms with van der Waals surface area (Å²) in [5.41, 5.74) is -0.308. The first-order valence-corrected chi connectivity index (χ1v) is 5.83. The molecule has 5 nitrogen and oxygen atoms in total. The van der Waals surface area contributed by atoms with Crippen LogP contribution in [-0.2, 0) is 0 Å². The molecule has 0 atom stereocenters. The minimum absolute atomic E-state index is 0.0137. The van der Waals surface area contributed by atoms with Crippen LogP contribution in [0.25, 0.3) is 0 Å². The normalized spacial score (nSPS) is 10.2.